The Morgan fingerprint density at radius 3 is 2.65 bits per heavy atom. The maximum absolute atomic E-state index is 11.5. The molecule has 0 saturated carbocycles. The molecule has 0 aromatic carbocycles. The molecule has 0 radical (unpaired) electrons. The highest BCUT2D eigenvalue weighted by Crippen LogP contribution is 2.14. The molecule has 0 atom stereocenters. The molecule has 1 amide bonds. The fourth-order valence-corrected chi connectivity index (χ4v) is 1.83. The van der Waals surface area contributed by atoms with Crippen LogP contribution in [-0.4, -0.2) is 24.5 Å². The standard InChI is InChI=1S/C14H18BrNO4/c1-3-10(4-2)16-13(17)9-19-14(18)8-6-11-5-7-12(15)20-11/h5-8,10H,3-4,9H2,1-2H3,(H,16,17)/b8-6+. The molecule has 0 aliphatic heterocycles. The molecule has 0 spiro atoms. The van der Waals surface area contributed by atoms with E-state index in [1.807, 2.05) is 13.8 Å². The van der Waals surface area contributed by atoms with Crippen LogP contribution in [0.1, 0.15) is 32.4 Å². The first kappa shape index (κ1) is 16.5. The summed E-state index contributed by atoms with van der Waals surface area (Å²) in [6.07, 6.45) is 4.40. The van der Waals surface area contributed by atoms with E-state index in [2.05, 4.69) is 21.2 Å². The van der Waals surface area contributed by atoms with Crippen molar-refractivity contribution in [3.8, 4) is 0 Å². The zero-order chi connectivity index (χ0) is 15.0. The molecule has 0 saturated heterocycles. The second-order valence-corrected chi connectivity index (χ2v) is 4.95. The van der Waals surface area contributed by atoms with Crippen LogP contribution >= 0.6 is 15.9 Å². The third-order valence-corrected chi connectivity index (χ3v) is 3.10. The van der Waals surface area contributed by atoms with Crippen molar-refractivity contribution in [1.29, 1.82) is 0 Å². The van der Waals surface area contributed by atoms with E-state index in [1.165, 1.54) is 12.2 Å². The fourth-order valence-electron chi connectivity index (χ4n) is 1.51. The summed E-state index contributed by atoms with van der Waals surface area (Å²) in [6.45, 7) is 3.71. The van der Waals surface area contributed by atoms with Gasteiger partial charge in [0, 0.05) is 12.1 Å². The monoisotopic (exact) mass is 343 g/mol. The average molecular weight is 344 g/mol. The molecule has 0 unspecified atom stereocenters. The molecule has 110 valence electrons. The first-order valence-electron chi connectivity index (χ1n) is 6.44. The van der Waals surface area contributed by atoms with E-state index < -0.39 is 5.97 Å². The molecule has 1 rings (SSSR count). The molecular weight excluding hydrogens is 326 g/mol. The van der Waals surface area contributed by atoms with E-state index in [0.717, 1.165) is 12.8 Å². The second kappa shape index (κ2) is 8.58. The highest BCUT2D eigenvalue weighted by molar-refractivity contribution is 9.10. The van der Waals surface area contributed by atoms with Gasteiger partial charge in [0.1, 0.15) is 5.76 Å². The third-order valence-electron chi connectivity index (χ3n) is 2.67. The highest BCUT2D eigenvalue weighted by atomic mass is 79.9. The van der Waals surface area contributed by atoms with Gasteiger partial charge in [-0.3, -0.25) is 4.79 Å². The maximum Gasteiger partial charge on any atom is 0.331 e. The van der Waals surface area contributed by atoms with Crippen LogP contribution < -0.4 is 5.32 Å². The Hall–Kier alpha value is -1.56. The lowest BCUT2D eigenvalue weighted by atomic mass is 10.2. The van der Waals surface area contributed by atoms with Crippen LogP contribution in [0.4, 0.5) is 0 Å². The number of esters is 1. The van der Waals surface area contributed by atoms with Crippen molar-refractivity contribution >= 4 is 33.9 Å². The van der Waals surface area contributed by atoms with E-state index in [1.54, 1.807) is 12.1 Å². The molecule has 0 fully saturated rings. The van der Waals surface area contributed by atoms with Crippen LogP contribution in [-0.2, 0) is 14.3 Å². The third kappa shape index (κ3) is 6.06. The van der Waals surface area contributed by atoms with Crippen LogP contribution in [0.25, 0.3) is 6.08 Å². The Balaban J connectivity index is 2.32. The van der Waals surface area contributed by atoms with Crippen molar-refractivity contribution in [2.45, 2.75) is 32.7 Å². The lowest BCUT2D eigenvalue weighted by Gasteiger charge is -2.14. The SMILES string of the molecule is CCC(CC)NC(=O)COC(=O)/C=C/c1ccc(Br)o1. The van der Waals surface area contributed by atoms with Gasteiger partial charge < -0.3 is 14.5 Å². The molecule has 20 heavy (non-hydrogen) atoms. The Kier molecular flexibility index (Phi) is 7.08. The van der Waals surface area contributed by atoms with Crippen molar-refractivity contribution < 1.29 is 18.7 Å². The van der Waals surface area contributed by atoms with Gasteiger partial charge >= 0.3 is 5.97 Å². The summed E-state index contributed by atoms with van der Waals surface area (Å²) in [5.41, 5.74) is 0. The lowest BCUT2D eigenvalue weighted by Crippen LogP contribution is -2.36. The minimum Gasteiger partial charge on any atom is -0.452 e. The largest absolute Gasteiger partial charge is 0.452 e. The molecule has 1 aromatic heterocycles. The summed E-state index contributed by atoms with van der Waals surface area (Å²) >= 11 is 3.16. The molecule has 1 aromatic rings. The number of carbonyl (C=O) groups excluding carboxylic acids is 2. The number of hydrogen-bond acceptors (Lipinski definition) is 4. The van der Waals surface area contributed by atoms with Gasteiger partial charge in [-0.2, -0.15) is 0 Å². The van der Waals surface area contributed by atoms with Gasteiger partial charge in [-0.25, -0.2) is 4.79 Å². The summed E-state index contributed by atoms with van der Waals surface area (Å²) in [5.74, 6) is -0.353. The summed E-state index contributed by atoms with van der Waals surface area (Å²) in [5, 5.41) is 2.78. The van der Waals surface area contributed by atoms with Gasteiger partial charge in [0.25, 0.3) is 5.91 Å². The molecule has 0 bridgehead atoms. The van der Waals surface area contributed by atoms with Gasteiger partial charge in [0.2, 0.25) is 0 Å². The zero-order valence-corrected chi connectivity index (χ0v) is 13.1. The number of nitrogens with one attached hydrogen (secondary N) is 1. The Labute approximate surface area is 126 Å². The van der Waals surface area contributed by atoms with Crippen molar-refractivity contribution in [3.05, 3.63) is 28.6 Å². The minimum absolute atomic E-state index is 0.122. The normalized spacial score (nSPS) is 11.0. The van der Waals surface area contributed by atoms with E-state index in [-0.39, 0.29) is 18.6 Å². The molecule has 1 heterocycles. The highest BCUT2D eigenvalue weighted by Gasteiger charge is 2.09. The molecular formula is C14H18BrNO4. The zero-order valence-electron chi connectivity index (χ0n) is 11.5. The lowest BCUT2D eigenvalue weighted by molar-refractivity contribution is -0.144. The van der Waals surface area contributed by atoms with E-state index in [0.29, 0.717) is 10.4 Å². The number of halogens is 1. The van der Waals surface area contributed by atoms with Crippen LogP contribution in [0.5, 0.6) is 0 Å². The smallest absolute Gasteiger partial charge is 0.331 e. The number of rotatable bonds is 7. The number of hydrogen-bond donors (Lipinski definition) is 1. The Morgan fingerprint density at radius 1 is 1.40 bits per heavy atom. The Bertz CT molecular complexity index is 477. The van der Waals surface area contributed by atoms with Gasteiger partial charge in [0.05, 0.1) is 0 Å². The van der Waals surface area contributed by atoms with Gasteiger partial charge in [-0.15, -0.1) is 0 Å². The molecule has 0 aliphatic rings. The minimum atomic E-state index is -0.586. The molecule has 0 aliphatic carbocycles. The van der Waals surface area contributed by atoms with Crippen LogP contribution in [0, 0.1) is 0 Å². The number of carbonyl (C=O) groups is 2. The van der Waals surface area contributed by atoms with Gasteiger partial charge in [-0.1, -0.05) is 13.8 Å². The van der Waals surface area contributed by atoms with Crippen molar-refractivity contribution in [1.82, 2.24) is 5.32 Å². The first-order valence-corrected chi connectivity index (χ1v) is 7.24. The maximum atomic E-state index is 11.5. The predicted octanol–water partition coefficient (Wildman–Crippen LogP) is 2.90. The van der Waals surface area contributed by atoms with Crippen molar-refractivity contribution in [3.63, 3.8) is 0 Å². The summed E-state index contributed by atoms with van der Waals surface area (Å²) in [6, 6.07) is 3.54. The second-order valence-electron chi connectivity index (χ2n) is 4.16. The number of furan rings is 1. The molecule has 1 N–H and O–H groups in total. The van der Waals surface area contributed by atoms with Gasteiger partial charge in [0.15, 0.2) is 11.3 Å². The topological polar surface area (TPSA) is 68.5 Å². The van der Waals surface area contributed by atoms with E-state index >= 15 is 0 Å². The summed E-state index contributed by atoms with van der Waals surface area (Å²) < 4.78 is 10.6. The number of ether oxygens (including phenoxy) is 1. The quantitative estimate of drug-likeness (QED) is 0.610. The average Bonchev–Trinajstić information content (AvgIpc) is 2.86. The predicted molar refractivity (Wildman–Crippen MR) is 78.9 cm³/mol. The Morgan fingerprint density at radius 2 is 2.10 bits per heavy atom. The summed E-state index contributed by atoms with van der Waals surface area (Å²) in [7, 11) is 0. The molecule has 5 nitrogen and oxygen atoms in total. The van der Waals surface area contributed by atoms with E-state index in [9.17, 15) is 9.59 Å². The van der Waals surface area contributed by atoms with Crippen LogP contribution in [0.15, 0.2) is 27.3 Å². The summed E-state index contributed by atoms with van der Waals surface area (Å²) in [4.78, 5) is 22.9. The van der Waals surface area contributed by atoms with Crippen LogP contribution in [0.2, 0.25) is 0 Å². The number of amides is 1. The van der Waals surface area contributed by atoms with Crippen molar-refractivity contribution in [2.75, 3.05) is 6.61 Å². The van der Waals surface area contributed by atoms with Gasteiger partial charge in [-0.05, 0) is 47.0 Å². The first-order chi connectivity index (χ1) is 9.55. The van der Waals surface area contributed by atoms with E-state index in [4.69, 9.17) is 9.15 Å². The molecule has 6 heteroatoms. The van der Waals surface area contributed by atoms with Crippen LogP contribution in [0.3, 0.4) is 0 Å². The van der Waals surface area contributed by atoms with Crippen molar-refractivity contribution in [2.24, 2.45) is 0 Å². The fraction of sp³-hybridized carbons (Fsp3) is 0.429.